The van der Waals surface area contributed by atoms with Gasteiger partial charge in [0.1, 0.15) is 17.4 Å². The molecule has 2 aromatic carbocycles. The number of carboxylic acid groups (broad SMARTS) is 1. The maximum absolute atomic E-state index is 14.5. The molecule has 1 fully saturated rings. The monoisotopic (exact) mass is 504 g/mol. The van der Waals surface area contributed by atoms with Crippen molar-refractivity contribution in [3.05, 3.63) is 59.2 Å². The highest BCUT2D eigenvalue weighted by Gasteiger charge is 2.30. The summed E-state index contributed by atoms with van der Waals surface area (Å²) in [5, 5.41) is 13.9. The van der Waals surface area contributed by atoms with Crippen molar-refractivity contribution in [1.29, 1.82) is 0 Å². The van der Waals surface area contributed by atoms with Gasteiger partial charge >= 0.3 is 5.97 Å². The van der Waals surface area contributed by atoms with Gasteiger partial charge in [0.05, 0.1) is 22.8 Å². The molecule has 186 valence electrons. The Balaban J connectivity index is 1.20. The molecule has 4 rings (SSSR count). The van der Waals surface area contributed by atoms with E-state index < -0.39 is 22.9 Å². The van der Waals surface area contributed by atoms with Gasteiger partial charge in [-0.15, -0.1) is 11.8 Å². The van der Waals surface area contributed by atoms with E-state index >= 15 is 0 Å². The number of hydrogen-bond acceptors (Lipinski definition) is 5. The van der Waals surface area contributed by atoms with Gasteiger partial charge in [0, 0.05) is 24.1 Å². The van der Waals surface area contributed by atoms with Gasteiger partial charge in [0.15, 0.2) is 0 Å². The molecule has 1 aliphatic heterocycles. The average Bonchev–Trinajstić information content (AvgIpc) is 3.28. The number of benzene rings is 2. The lowest BCUT2D eigenvalue weighted by Crippen LogP contribution is -2.38. The predicted molar refractivity (Wildman–Crippen MR) is 126 cm³/mol. The maximum atomic E-state index is 14.5. The third-order valence-corrected chi connectivity index (χ3v) is 7.59. The van der Waals surface area contributed by atoms with Crippen LogP contribution in [0, 0.1) is 17.6 Å². The Kier molecular flexibility index (Phi) is 7.90. The van der Waals surface area contributed by atoms with Crippen molar-refractivity contribution in [3.8, 4) is 5.75 Å². The standard InChI is InChI=1S/C25H26F2N2O5S/c26-19-3-1-2-15-12-21(35-22(15)19)24(31)29-11-10-28-23(30)18-9-8-17(13-20(18)27)34-16-6-4-14(5-7-16)25(32)33/h1-3,8-9,13-14,16,21H,4-7,10-12H2,(H,28,30)(H,29,31)(H,32,33). The highest BCUT2D eigenvalue weighted by atomic mass is 32.2. The van der Waals surface area contributed by atoms with Gasteiger partial charge in [-0.3, -0.25) is 14.4 Å². The van der Waals surface area contributed by atoms with E-state index in [2.05, 4.69) is 10.6 Å². The predicted octanol–water partition coefficient (Wildman–Crippen LogP) is 3.55. The fourth-order valence-corrected chi connectivity index (χ4v) is 5.54. The van der Waals surface area contributed by atoms with Gasteiger partial charge in [0.2, 0.25) is 5.91 Å². The fraction of sp³-hybridized carbons (Fsp3) is 0.400. The van der Waals surface area contributed by atoms with Gasteiger partial charge in [0.25, 0.3) is 5.91 Å². The molecule has 0 bridgehead atoms. The molecule has 1 unspecified atom stereocenters. The summed E-state index contributed by atoms with van der Waals surface area (Å²) in [6.45, 7) is 0.260. The van der Waals surface area contributed by atoms with Crippen molar-refractivity contribution in [2.24, 2.45) is 5.92 Å². The second-order valence-corrected chi connectivity index (χ2v) is 9.87. The van der Waals surface area contributed by atoms with Crippen LogP contribution in [0.5, 0.6) is 5.75 Å². The molecule has 1 aliphatic carbocycles. The zero-order valence-corrected chi connectivity index (χ0v) is 19.7. The van der Waals surface area contributed by atoms with Crippen molar-refractivity contribution in [2.75, 3.05) is 13.1 Å². The number of aliphatic carboxylic acids is 1. The molecule has 0 radical (unpaired) electrons. The summed E-state index contributed by atoms with van der Waals surface area (Å²) in [6.07, 6.45) is 2.44. The lowest BCUT2D eigenvalue weighted by Gasteiger charge is -2.26. The topological polar surface area (TPSA) is 105 Å². The molecular formula is C25H26F2N2O5S. The van der Waals surface area contributed by atoms with Gasteiger partial charge in [-0.25, -0.2) is 8.78 Å². The number of ether oxygens (including phenoxy) is 1. The Morgan fingerprint density at radius 1 is 1.00 bits per heavy atom. The van der Waals surface area contributed by atoms with Gasteiger partial charge in [-0.1, -0.05) is 12.1 Å². The summed E-state index contributed by atoms with van der Waals surface area (Å²) in [6, 6.07) is 8.78. The van der Waals surface area contributed by atoms with E-state index in [1.807, 2.05) is 0 Å². The summed E-state index contributed by atoms with van der Waals surface area (Å²) in [5.74, 6) is -2.80. The van der Waals surface area contributed by atoms with Crippen LogP contribution in [0.15, 0.2) is 41.3 Å². The highest BCUT2D eigenvalue weighted by Crippen LogP contribution is 2.38. The number of halogens is 2. The van der Waals surface area contributed by atoms with E-state index in [1.165, 1.54) is 30.0 Å². The Morgan fingerprint density at radius 3 is 2.43 bits per heavy atom. The molecule has 1 saturated carbocycles. The average molecular weight is 505 g/mol. The van der Waals surface area contributed by atoms with E-state index in [0.717, 1.165) is 11.6 Å². The molecule has 2 aliphatic rings. The Hall–Kier alpha value is -3.14. The lowest BCUT2D eigenvalue weighted by molar-refractivity contribution is -0.143. The summed E-state index contributed by atoms with van der Waals surface area (Å²) >= 11 is 1.19. The summed E-state index contributed by atoms with van der Waals surface area (Å²) in [5.41, 5.74) is 0.662. The number of carbonyl (C=O) groups excluding carboxylic acids is 2. The molecule has 3 N–H and O–H groups in total. The molecular weight excluding hydrogens is 478 g/mol. The van der Waals surface area contributed by atoms with Crippen LogP contribution in [0.4, 0.5) is 8.78 Å². The molecule has 1 heterocycles. The van der Waals surface area contributed by atoms with Gasteiger partial charge in [-0.2, -0.15) is 0 Å². The molecule has 10 heteroatoms. The van der Waals surface area contributed by atoms with Crippen LogP contribution in [0.25, 0.3) is 0 Å². The number of carbonyl (C=O) groups is 3. The molecule has 2 aromatic rings. The van der Waals surface area contributed by atoms with E-state index in [1.54, 1.807) is 12.1 Å². The van der Waals surface area contributed by atoms with Crippen LogP contribution in [-0.4, -0.2) is 47.3 Å². The van der Waals surface area contributed by atoms with Crippen LogP contribution < -0.4 is 15.4 Å². The first-order chi connectivity index (χ1) is 16.8. The van der Waals surface area contributed by atoms with Crippen molar-refractivity contribution in [2.45, 2.75) is 48.4 Å². The Morgan fingerprint density at radius 2 is 1.74 bits per heavy atom. The molecule has 35 heavy (non-hydrogen) atoms. The zero-order chi connectivity index (χ0) is 24.9. The third kappa shape index (κ3) is 6.11. The van der Waals surface area contributed by atoms with E-state index in [-0.39, 0.29) is 48.1 Å². The number of nitrogens with one attached hydrogen (secondary N) is 2. The first-order valence-corrected chi connectivity index (χ1v) is 12.4. The minimum absolute atomic E-state index is 0.105. The third-order valence-electron chi connectivity index (χ3n) is 6.23. The molecule has 2 amide bonds. The summed E-state index contributed by atoms with van der Waals surface area (Å²) in [4.78, 5) is 36.3. The number of rotatable bonds is 8. The van der Waals surface area contributed by atoms with Crippen molar-refractivity contribution < 1.29 is 33.0 Å². The summed E-state index contributed by atoms with van der Waals surface area (Å²) < 4.78 is 34.1. The first kappa shape index (κ1) is 25.0. The van der Waals surface area contributed by atoms with Crippen LogP contribution in [0.3, 0.4) is 0 Å². The van der Waals surface area contributed by atoms with Crippen LogP contribution in [-0.2, 0) is 16.0 Å². The Labute approximate surface area is 205 Å². The summed E-state index contributed by atoms with van der Waals surface area (Å²) in [7, 11) is 0. The van der Waals surface area contributed by atoms with Gasteiger partial charge < -0.3 is 20.5 Å². The van der Waals surface area contributed by atoms with Crippen LogP contribution >= 0.6 is 11.8 Å². The van der Waals surface area contributed by atoms with E-state index in [4.69, 9.17) is 9.84 Å². The number of thioether (sulfide) groups is 1. The molecule has 0 saturated heterocycles. The second kappa shape index (κ2) is 11.1. The van der Waals surface area contributed by atoms with Crippen molar-refractivity contribution >= 4 is 29.5 Å². The van der Waals surface area contributed by atoms with Crippen LogP contribution in [0.1, 0.15) is 41.6 Å². The lowest BCUT2D eigenvalue weighted by atomic mass is 9.87. The van der Waals surface area contributed by atoms with Crippen molar-refractivity contribution in [3.63, 3.8) is 0 Å². The first-order valence-electron chi connectivity index (χ1n) is 11.5. The molecule has 7 nitrogen and oxygen atoms in total. The second-order valence-electron chi connectivity index (χ2n) is 8.66. The minimum atomic E-state index is -0.803. The van der Waals surface area contributed by atoms with Crippen molar-refractivity contribution in [1.82, 2.24) is 10.6 Å². The van der Waals surface area contributed by atoms with Gasteiger partial charge in [-0.05, 0) is 55.9 Å². The number of carboxylic acids is 1. The Bertz CT molecular complexity index is 1120. The molecule has 0 spiro atoms. The number of fused-ring (bicyclic) bond motifs is 1. The fourth-order valence-electron chi connectivity index (χ4n) is 4.32. The number of hydrogen-bond donors (Lipinski definition) is 3. The smallest absolute Gasteiger partial charge is 0.306 e. The zero-order valence-electron chi connectivity index (χ0n) is 18.9. The number of amides is 2. The quantitative estimate of drug-likeness (QED) is 0.475. The largest absolute Gasteiger partial charge is 0.490 e. The van der Waals surface area contributed by atoms with Crippen LogP contribution in [0.2, 0.25) is 0 Å². The SMILES string of the molecule is O=C(NCCNC(=O)C1Cc2cccc(F)c2S1)c1ccc(OC2CCC(C(=O)O)CC2)cc1F. The minimum Gasteiger partial charge on any atom is -0.490 e. The van der Waals surface area contributed by atoms with E-state index in [0.29, 0.717) is 37.0 Å². The van der Waals surface area contributed by atoms with E-state index in [9.17, 15) is 23.2 Å². The normalized spacial score (nSPS) is 21.1. The highest BCUT2D eigenvalue weighted by molar-refractivity contribution is 8.01. The molecule has 0 aromatic heterocycles. The maximum Gasteiger partial charge on any atom is 0.306 e. The molecule has 1 atom stereocenters.